The average Bonchev–Trinajstić information content (AvgIpc) is 3.24. The fourth-order valence-corrected chi connectivity index (χ4v) is 4.52. The molecule has 4 rings (SSSR count). The number of carbonyl (C=O) groups excluding carboxylic acids is 1. The lowest BCUT2D eigenvalue weighted by Crippen LogP contribution is -2.41. The number of rotatable bonds is 6. The van der Waals surface area contributed by atoms with Crippen LogP contribution in [-0.4, -0.2) is 45.4 Å². The van der Waals surface area contributed by atoms with Crippen LogP contribution in [0.15, 0.2) is 34.7 Å². The Bertz CT molecular complexity index is 1450. The minimum Gasteiger partial charge on any atom is -0.455 e. The zero-order valence-corrected chi connectivity index (χ0v) is 21.6. The van der Waals surface area contributed by atoms with Crippen molar-refractivity contribution in [1.82, 2.24) is 5.32 Å². The molecule has 1 aliphatic rings. The summed E-state index contributed by atoms with van der Waals surface area (Å²) in [5, 5.41) is 2.78. The summed E-state index contributed by atoms with van der Waals surface area (Å²) in [5.74, 6) is -2.60. The molecular formula is C24H27BF2N2O6S. The average molecular weight is 520 g/mol. The van der Waals surface area contributed by atoms with E-state index < -0.39 is 45.9 Å². The van der Waals surface area contributed by atoms with Gasteiger partial charge in [0.05, 0.1) is 33.8 Å². The summed E-state index contributed by atoms with van der Waals surface area (Å²) in [6, 6.07) is 5.84. The van der Waals surface area contributed by atoms with E-state index in [1.54, 1.807) is 0 Å². The number of hydrogen-bond donors (Lipinski definition) is 2. The minimum atomic E-state index is -3.72. The normalized spacial score (nSPS) is 16.9. The predicted molar refractivity (Wildman–Crippen MR) is 134 cm³/mol. The van der Waals surface area contributed by atoms with E-state index >= 15 is 0 Å². The highest BCUT2D eigenvalue weighted by molar-refractivity contribution is 7.92. The van der Waals surface area contributed by atoms with Crippen molar-refractivity contribution in [2.75, 3.05) is 17.5 Å². The largest absolute Gasteiger partial charge is 0.497 e. The van der Waals surface area contributed by atoms with Crippen LogP contribution in [-0.2, 0) is 19.3 Å². The summed E-state index contributed by atoms with van der Waals surface area (Å²) in [5.41, 5.74) is -1.02. The standard InChI is InChI=1S/C24H27BF2N2O6S/c1-7-36(31,32)29-18-12-19-15(11-16(18)25-34-23(2,3)24(4,5)35-25)20(22(30)28-6)21(33-19)14-9-8-13(26)10-17(14)27/h8-12,29H,7H2,1-6H3,(H,28,30). The number of nitrogens with one attached hydrogen (secondary N) is 2. The van der Waals surface area contributed by atoms with Gasteiger partial charge in [0.1, 0.15) is 17.2 Å². The molecule has 12 heteroatoms. The summed E-state index contributed by atoms with van der Waals surface area (Å²) in [6.07, 6.45) is 0. The quantitative estimate of drug-likeness (QED) is 0.479. The maximum absolute atomic E-state index is 14.7. The second-order valence-corrected chi connectivity index (χ2v) is 11.5. The number of amides is 1. The van der Waals surface area contributed by atoms with Crippen molar-refractivity contribution in [2.24, 2.45) is 0 Å². The van der Waals surface area contributed by atoms with Gasteiger partial charge in [-0.25, -0.2) is 17.2 Å². The Labute approximate surface area is 208 Å². The summed E-state index contributed by atoms with van der Waals surface area (Å²) in [7, 11) is -3.29. The van der Waals surface area contributed by atoms with Crippen LogP contribution in [0.2, 0.25) is 0 Å². The van der Waals surface area contributed by atoms with Crippen molar-refractivity contribution < 1.29 is 35.7 Å². The highest BCUT2D eigenvalue weighted by atomic mass is 32.2. The highest BCUT2D eigenvalue weighted by Gasteiger charge is 2.52. The van der Waals surface area contributed by atoms with E-state index in [4.69, 9.17) is 13.7 Å². The lowest BCUT2D eigenvalue weighted by atomic mass is 9.77. The number of halogens is 2. The smallest absolute Gasteiger partial charge is 0.455 e. The van der Waals surface area contributed by atoms with E-state index in [-0.39, 0.29) is 39.3 Å². The number of fused-ring (bicyclic) bond motifs is 1. The summed E-state index contributed by atoms with van der Waals surface area (Å²) >= 11 is 0. The number of benzene rings is 2. The molecule has 0 aliphatic carbocycles. The summed E-state index contributed by atoms with van der Waals surface area (Å²) < 4.78 is 73.9. The van der Waals surface area contributed by atoms with Gasteiger partial charge in [0.15, 0.2) is 5.76 Å². The second-order valence-electron chi connectivity index (χ2n) is 9.54. The Kier molecular flexibility index (Phi) is 6.43. The number of sulfonamides is 1. The number of furan rings is 1. The Balaban J connectivity index is 2.01. The third-order valence-electron chi connectivity index (χ3n) is 6.64. The second kappa shape index (κ2) is 8.86. The lowest BCUT2D eigenvalue weighted by Gasteiger charge is -2.32. The first-order valence-corrected chi connectivity index (χ1v) is 13.0. The van der Waals surface area contributed by atoms with Crippen LogP contribution in [0.5, 0.6) is 0 Å². The molecule has 2 heterocycles. The molecule has 3 aromatic rings. The highest BCUT2D eigenvalue weighted by Crippen LogP contribution is 2.39. The molecule has 1 saturated heterocycles. The molecule has 1 aromatic heterocycles. The first-order chi connectivity index (χ1) is 16.7. The molecule has 36 heavy (non-hydrogen) atoms. The van der Waals surface area contributed by atoms with Crippen LogP contribution in [0.1, 0.15) is 45.0 Å². The predicted octanol–water partition coefficient (Wildman–Crippen LogP) is 3.80. The van der Waals surface area contributed by atoms with Gasteiger partial charge in [0.25, 0.3) is 5.91 Å². The van der Waals surface area contributed by atoms with Crippen molar-refractivity contribution >= 4 is 45.2 Å². The summed E-state index contributed by atoms with van der Waals surface area (Å²) in [4.78, 5) is 12.9. The third-order valence-corrected chi connectivity index (χ3v) is 7.93. The van der Waals surface area contributed by atoms with Gasteiger partial charge >= 0.3 is 7.12 Å². The van der Waals surface area contributed by atoms with Crippen LogP contribution < -0.4 is 15.5 Å². The van der Waals surface area contributed by atoms with Gasteiger partial charge in [-0.15, -0.1) is 0 Å². The van der Waals surface area contributed by atoms with Crippen molar-refractivity contribution in [1.29, 1.82) is 0 Å². The van der Waals surface area contributed by atoms with E-state index in [1.165, 1.54) is 32.2 Å². The van der Waals surface area contributed by atoms with Crippen molar-refractivity contribution in [3.63, 3.8) is 0 Å². The fourth-order valence-electron chi connectivity index (χ4n) is 3.87. The maximum atomic E-state index is 14.7. The molecule has 0 atom stereocenters. The van der Waals surface area contributed by atoms with E-state index in [1.807, 2.05) is 27.7 Å². The SMILES string of the molecule is CCS(=O)(=O)Nc1cc2oc(-c3ccc(F)cc3F)c(C(=O)NC)c2cc1B1OC(C)(C)C(C)(C)O1. The van der Waals surface area contributed by atoms with Crippen LogP contribution in [0.25, 0.3) is 22.3 Å². The number of carbonyl (C=O) groups is 1. The van der Waals surface area contributed by atoms with Gasteiger partial charge < -0.3 is 19.0 Å². The molecule has 2 N–H and O–H groups in total. The van der Waals surface area contributed by atoms with E-state index in [0.29, 0.717) is 11.5 Å². The van der Waals surface area contributed by atoms with Crippen molar-refractivity contribution in [2.45, 2.75) is 45.8 Å². The Hall–Kier alpha value is -2.96. The molecule has 0 bridgehead atoms. The Morgan fingerprint density at radius 1 is 1.06 bits per heavy atom. The fraction of sp³-hybridized carbons (Fsp3) is 0.375. The van der Waals surface area contributed by atoms with E-state index in [9.17, 15) is 22.0 Å². The van der Waals surface area contributed by atoms with Crippen molar-refractivity contribution in [3.8, 4) is 11.3 Å². The van der Waals surface area contributed by atoms with Crippen LogP contribution in [0, 0.1) is 11.6 Å². The molecule has 0 spiro atoms. The summed E-state index contributed by atoms with van der Waals surface area (Å²) in [6.45, 7) is 8.89. The molecule has 0 radical (unpaired) electrons. The van der Waals surface area contributed by atoms with Gasteiger partial charge in [-0.05, 0) is 52.8 Å². The monoisotopic (exact) mass is 520 g/mol. The zero-order valence-electron chi connectivity index (χ0n) is 20.8. The third kappa shape index (κ3) is 4.49. The molecular weight excluding hydrogens is 493 g/mol. The number of hydrogen-bond acceptors (Lipinski definition) is 6. The van der Waals surface area contributed by atoms with Crippen molar-refractivity contribution in [3.05, 3.63) is 47.5 Å². The van der Waals surface area contributed by atoms with Crippen LogP contribution in [0.3, 0.4) is 0 Å². The number of anilines is 1. The first-order valence-electron chi connectivity index (χ1n) is 11.3. The first kappa shape index (κ1) is 26.1. The van der Waals surface area contributed by atoms with Gasteiger partial charge in [-0.1, -0.05) is 0 Å². The van der Waals surface area contributed by atoms with Crippen LogP contribution in [0.4, 0.5) is 14.5 Å². The minimum absolute atomic E-state index is 0.000624. The van der Waals surface area contributed by atoms with Gasteiger partial charge in [0.2, 0.25) is 10.0 Å². The Morgan fingerprint density at radius 3 is 2.25 bits per heavy atom. The zero-order chi connectivity index (χ0) is 26.6. The molecule has 1 amide bonds. The molecule has 192 valence electrons. The van der Waals surface area contributed by atoms with E-state index in [2.05, 4.69) is 10.0 Å². The lowest BCUT2D eigenvalue weighted by molar-refractivity contribution is 0.00578. The molecule has 2 aromatic carbocycles. The molecule has 0 saturated carbocycles. The maximum Gasteiger partial charge on any atom is 0.497 e. The van der Waals surface area contributed by atoms with E-state index in [0.717, 1.165) is 6.07 Å². The molecule has 1 fully saturated rings. The molecule has 8 nitrogen and oxygen atoms in total. The molecule has 0 unspecified atom stereocenters. The molecule has 1 aliphatic heterocycles. The van der Waals surface area contributed by atoms with Gasteiger partial charge in [-0.3, -0.25) is 9.52 Å². The Morgan fingerprint density at radius 2 is 1.69 bits per heavy atom. The van der Waals surface area contributed by atoms with Gasteiger partial charge in [-0.2, -0.15) is 0 Å². The topological polar surface area (TPSA) is 107 Å². The van der Waals surface area contributed by atoms with Crippen LogP contribution >= 0.6 is 0 Å². The van der Waals surface area contributed by atoms with Gasteiger partial charge in [0, 0.05) is 30.0 Å².